The summed E-state index contributed by atoms with van der Waals surface area (Å²) in [5, 5.41) is 0. The second kappa shape index (κ2) is 2.93. The maximum Gasteiger partial charge on any atom is 0.308 e. The Morgan fingerprint density at radius 3 is 2.64 bits per heavy atom. The molecule has 0 aliphatic heterocycles. The average molecular weight is 167 g/mol. The van der Waals surface area contributed by atoms with Gasteiger partial charge in [0.05, 0.1) is 6.54 Å². The molecule has 1 heterocycles. The van der Waals surface area contributed by atoms with E-state index in [0.29, 0.717) is 6.54 Å². The maximum atomic E-state index is 11.1. The lowest BCUT2D eigenvalue weighted by Gasteiger charge is -1.96. The van der Waals surface area contributed by atoms with Crippen LogP contribution >= 0.6 is 11.3 Å². The van der Waals surface area contributed by atoms with Crippen LogP contribution in [0.3, 0.4) is 0 Å². The minimum absolute atomic E-state index is 0.0398. The molecule has 0 N–H and O–H groups in total. The van der Waals surface area contributed by atoms with E-state index in [2.05, 4.69) is 5.92 Å². The van der Waals surface area contributed by atoms with Gasteiger partial charge in [0.25, 0.3) is 0 Å². The third kappa shape index (κ3) is 1.36. The highest BCUT2D eigenvalue weighted by atomic mass is 32.1. The van der Waals surface area contributed by atoms with Crippen molar-refractivity contribution in [3.63, 3.8) is 0 Å². The number of nitrogens with zero attached hydrogens (tertiary/aromatic N) is 1. The smallest absolute Gasteiger partial charge is 0.291 e. The molecular formula is C8H9NOS. The molecule has 3 heteroatoms. The van der Waals surface area contributed by atoms with Gasteiger partial charge in [0.15, 0.2) is 0 Å². The summed E-state index contributed by atoms with van der Waals surface area (Å²) >= 11 is 1.25. The van der Waals surface area contributed by atoms with Gasteiger partial charge in [-0.1, -0.05) is 17.3 Å². The Kier molecular flexibility index (Phi) is 2.16. The molecule has 0 bridgehead atoms. The molecule has 0 atom stereocenters. The number of aromatic nitrogens is 1. The van der Waals surface area contributed by atoms with Gasteiger partial charge in [-0.05, 0) is 13.8 Å². The Morgan fingerprint density at radius 1 is 1.64 bits per heavy atom. The molecule has 0 fully saturated rings. The third-order valence-electron chi connectivity index (χ3n) is 1.62. The van der Waals surface area contributed by atoms with E-state index in [0.717, 1.165) is 10.6 Å². The minimum Gasteiger partial charge on any atom is -0.291 e. The molecular weight excluding hydrogens is 158 g/mol. The number of terminal acetylenes is 1. The van der Waals surface area contributed by atoms with Crippen molar-refractivity contribution in [2.24, 2.45) is 0 Å². The number of thiazole rings is 1. The van der Waals surface area contributed by atoms with Gasteiger partial charge >= 0.3 is 4.87 Å². The van der Waals surface area contributed by atoms with Gasteiger partial charge < -0.3 is 0 Å². The van der Waals surface area contributed by atoms with Gasteiger partial charge in [-0.15, -0.1) is 6.42 Å². The first-order valence-electron chi connectivity index (χ1n) is 3.27. The van der Waals surface area contributed by atoms with Crippen molar-refractivity contribution in [2.45, 2.75) is 20.4 Å². The van der Waals surface area contributed by atoms with Crippen LogP contribution < -0.4 is 4.87 Å². The summed E-state index contributed by atoms with van der Waals surface area (Å²) in [7, 11) is 0. The van der Waals surface area contributed by atoms with Crippen LogP contribution in [0.5, 0.6) is 0 Å². The molecule has 0 spiro atoms. The van der Waals surface area contributed by atoms with Crippen molar-refractivity contribution in [2.75, 3.05) is 0 Å². The Labute approximate surface area is 69.5 Å². The average Bonchev–Trinajstić information content (AvgIpc) is 2.17. The largest absolute Gasteiger partial charge is 0.308 e. The number of rotatable bonds is 1. The summed E-state index contributed by atoms with van der Waals surface area (Å²) in [5.74, 6) is 2.45. The lowest BCUT2D eigenvalue weighted by molar-refractivity contribution is 0.787. The lowest BCUT2D eigenvalue weighted by atomic mass is 10.4. The van der Waals surface area contributed by atoms with Crippen LogP contribution in [0, 0.1) is 26.2 Å². The highest BCUT2D eigenvalue weighted by Crippen LogP contribution is 2.08. The molecule has 1 aromatic rings. The first-order chi connectivity index (χ1) is 5.16. The summed E-state index contributed by atoms with van der Waals surface area (Å²) in [4.78, 5) is 12.2. The zero-order valence-electron chi connectivity index (χ0n) is 6.55. The topological polar surface area (TPSA) is 22.0 Å². The fraction of sp³-hybridized carbons (Fsp3) is 0.375. The van der Waals surface area contributed by atoms with Crippen LogP contribution in [0.2, 0.25) is 0 Å². The van der Waals surface area contributed by atoms with Crippen molar-refractivity contribution in [1.82, 2.24) is 4.57 Å². The van der Waals surface area contributed by atoms with Gasteiger partial charge in [-0.3, -0.25) is 9.36 Å². The zero-order chi connectivity index (χ0) is 8.43. The van der Waals surface area contributed by atoms with E-state index in [1.54, 1.807) is 4.57 Å². The van der Waals surface area contributed by atoms with Gasteiger partial charge in [0.2, 0.25) is 0 Å². The van der Waals surface area contributed by atoms with Crippen molar-refractivity contribution in [3.05, 3.63) is 20.2 Å². The van der Waals surface area contributed by atoms with E-state index in [1.165, 1.54) is 11.3 Å². The van der Waals surface area contributed by atoms with Crippen LogP contribution in [0.1, 0.15) is 10.6 Å². The van der Waals surface area contributed by atoms with Gasteiger partial charge in [-0.2, -0.15) is 0 Å². The first-order valence-corrected chi connectivity index (χ1v) is 4.08. The van der Waals surface area contributed by atoms with E-state index in [1.807, 2.05) is 13.8 Å². The van der Waals surface area contributed by atoms with Crippen LogP contribution in [0.15, 0.2) is 4.79 Å². The van der Waals surface area contributed by atoms with Crippen molar-refractivity contribution in [1.29, 1.82) is 0 Å². The minimum atomic E-state index is 0.0398. The van der Waals surface area contributed by atoms with Crippen LogP contribution in [-0.4, -0.2) is 4.57 Å². The Morgan fingerprint density at radius 2 is 2.27 bits per heavy atom. The fourth-order valence-electron chi connectivity index (χ4n) is 0.861. The van der Waals surface area contributed by atoms with Crippen LogP contribution in [0.25, 0.3) is 0 Å². The quantitative estimate of drug-likeness (QED) is 0.575. The van der Waals surface area contributed by atoms with Crippen molar-refractivity contribution >= 4 is 11.3 Å². The van der Waals surface area contributed by atoms with Gasteiger partial charge in [-0.25, -0.2) is 0 Å². The SMILES string of the molecule is C#CCn1c(C)c(C)sc1=O. The predicted molar refractivity (Wildman–Crippen MR) is 46.9 cm³/mol. The van der Waals surface area contributed by atoms with Gasteiger partial charge in [0.1, 0.15) is 0 Å². The molecule has 0 amide bonds. The molecule has 11 heavy (non-hydrogen) atoms. The summed E-state index contributed by atoms with van der Waals surface area (Å²) in [6.45, 7) is 4.22. The molecule has 0 radical (unpaired) electrons. The second-order valence-electron chi connectivity index (χ2n) is 2.30. The van der Waals surface area contributed by atoms with Gasteiger partial charge in [0, 0.05) is 10.6 Å². The van der Waals surface area contributed by atoms with Crippen molar-refractivity contribution < 1.29 is 0 Å². The molecule has 58 valence electrons. The summed E-state index contributed by atoms with van der Waals surface area (Å²) in [6.07, 6.45) is 5.10. The molecule has 2 nitrogen and oxygen atoms in total. The normalized spacial score (nSPS) is 9.55. The molecule has 0 saturated heterocycles. The maximum absolute atomic E-state index is 11.1. The molecule has 1 rings (SSSR count). The highest BCUT2D eigenvalue weighted by Gasteiger charge is 2.04. The zero-order valence-corrected chi connectivity index (χ0v) is 7.36. The predicted octanol–water partition coefficient (Wildman–Crippen LogP) is 1.16. The second-order valence-corrected chi connectivity index (χ2v) is 3.47. The molecule has 0 aliphatic carbocycles. The lowest BCUT2D eigenvalue weighted by Crippen LogP contribution is -2.13. The monoisotopic (exact) mass is 167 g/mol. The Hall–Kier alpha value is -1.01. The first kappa shape index (κ1) is 8.09. The molecule has 0 saturated carbocycles. The Bertz CT molecular complexity index is 353. The van der Waals surface area contributed by atoms with E-state index in [4.69, 9.17) is 6.42 Å². The molecule has 0 aromatic carbocycles. The molecule has 0 aliphatic rings. The van der Waals surface area contributed by atoms with Crippen LogP contribution in [0.4, 0.5) is 0 Å². The van der Waals surface area contributed by atoms with E-state index < -0.39 is 0 Å². The summed E-state index contributed by atoms with van der Waals surface area (Å²) < 4.78 is 1.61. The van der Waals surface area contributed by atoms with Crippen molar-refractivity contribution in [3.8, 4) is 12.3 Å². The fourth-order valence-corrected chi connectivity index (χ4v) is 1.69. The summed E-state index contributed by atoms with van der Waals surface area (Å²) in [5.41, 5.74) is 0.984. The van der Waals surface area contributed by atoms with E-state index >= 15 is 0 Å². The van der Waals surface area contributed by atoms with E-state index in [-0.39, 0.29) is 4.87 Å². The Balaban J connectivity index is 3.25. The number of hydrogen-bond donors (Lipinski definition) is 0. The number of hydrogen-bond acceptors (Lipinski definition) is 2. The summed E-state index contributed by atoms with van der Waals surface area (Å²) in [6, 6.07) is 0. The highest BCUT2D eigenvalue weighted by molar-refractivity contribution is 7.09. The third-order valence-corrected chi connectivity index (χ3v) is 2.62. The molecule has 1 aromatic heterocycles. The standard InChI is InChI=1S/C8H9NOS/c1-4-5-9-6(2)7(3)11-8(9)10/h1H,5H2,2-3H3. The number of aryl methyl sites for hydroxylation is 1. The van der Waals surface area contributed by atoms with Crippen LogP contribution in [-0.2, 0) is 6.54 Å². The van der Waals surface area contributed by atoms with E-state index in [9.17, 15) is 4.79 Å². The molecule has 0 unspecified atom stereocenters.